The van der Waals surface area contributed by atoms with Crippen LogP contribution in [0.5, 0.6) is 0 Å². The Morgan fingerprint density at radius 1 is 1.13 bits per heavy atom. The second-order valence-corrected chi connectivity index (χ2v) is 6.11. The van der Waals surface area contributed by atoms with Gasteiger partial charge in [-0.3, -0.25) is 0 Å². The Morgan fingerprint density at radius 2 is 1.67 bits per heavy atom. The first-order valence-corrected chi connectivity index (χ1v) is 7.94. The molecule has 1 radical (unpaired) electrons. The van der Waals surface area contributed by atoms with Gasteiger partial charge in [0, 0.05) is 0 Å². The van der Waals surface area contributed by atoms with E-state index in [4.69, 9.17) is 4.74 Å². The summed E-state index contributed by atoms with van der Waals surface area (Å²) in [5.74, 6) is 0. The van der Waals surface area contributed by atoms with Crippen LogP contribution in [0.3, 0.4) is 0 Å². The zero-order valence-electron chi connectivity index (χ0n) is 10.3. The number of amides is 1. The molecule has 1 amide bonds. The van der Waals surface area contributed by atoms with Gasteiger partial charge in [0.15, 0.2) is 8.96 Å². The molecule has 0 saturated heterocycles. The zero-order chi connectivity index (χ0) is 11.5. The fourth-order valence-corrected chi connectivity index (χ4v) is 3.76. The van der Waals surface area contributed by atoms with E-state index in [0.717, 1.165) is 0 Å². The van der Waals surface area contributed by atoms with Crippen LogP contribution in [0.25, 0.3) is 0 Å². The van der Waals surface area contributed by atoms with Crippen LogP contribution in [0.1, 0.15) is 46.5 Å². The molecule has 0 aromatic heterocycles. The van der Waals surface area contributed by atoms with E-state index in [-0.39, 0.29) is 6.09 Å². The standard InChI is InChI=1S/C11H24NO2Si/c1-4-7-9-15(10-8-5-2)12-11(13)14-6-3/h4-10H2,1-3H3,(H,12,13). The van der Waals surface area contributed by atoms with Crippen molar-refractivity contribution in [2.75, 3.05) is 6.61 Å². The van der Waals surface area contributed by atoms with E-state index in [1.807, 2.05) is 6.92 Å². The second kappa shape index (κ2) is 10.0. The van der Waals surface area contributed by atoms with Crippen molar-refractivity contribution in [1.29, 1.82) is 0 Å². The Hall–Kier alpha value is -0.513. The molecule has 3 nitrogen and oxygen atoms in total. The minimum absolute atomic E-state index is 0.224. The highest BCUT2D eigenvalue weighted by Crippen LogP contribution is 2.07. The molecule has 0 fully saturated rings. The maximum Gasteiger partial charge on any atom is 0.398 e. The zero-order valence-corrected chi connectivity index (χ0v) is 11.3. The van der Waals surface area contributed by atoms with Crippen molar-refractivity contribution in [2.45, 2.75) is 58.5 Å². The summed E-state index contributed by atoms with van der Waals surface area (Å²) in [5, 5.41) is 0. The summed E-state index contributed by atoms with van der Waals surface area (Å²) in [7, 11) is -0.715. The van der Waals surface area contributed by atoms with Gasteiger partial charge in [-0.25, -0.2) is 4.79 Å². The summed E-state index contributed by atoms with van der Waals surface area (Å²) in [6, 6.07) is 2.33. The number of hydrogen-bond donors (Lipinski definition) is 1. The van der Waals surface area contributed by atoms with Crippen LogP contribution in [0.4, 0.5) is 4.79 Å². The van der Waals surface area contributed by atoms with Crippen molar-refractivity contribution < 1.29 is 9.53 Å². The average molecular weight is 230 g/mol. The molecule has 0 atom stereocenters. The van der Waals surface area contributed by atoms with E-state index < -0.39 is 8.96 Å². The summed E-state index contributed by atoms with van der Waals surface area (Å²) in [4.78, 5) is 14.3. The molecule has 0 rings (SSSR count). The summed E-state index contributed by atoms with van der Waals surface area (Å²) in [6.07, 6.45) is 4.60. The fraction of sp³-hybridized carbons (Fsp3) is 0.909. The van der Waals surface area contributed by atoms with Crippen molar-refractivity contribution in [3.8, 4) is 0 Å². The normalized spacial score (nSPS) is 10.4. The highest BCUT2D eigenvalue weighted by Gasteiger charge is 2.14. The van der Waals surface area contributed by atoms with Crippen molar-refractivity contribution in [1.82, 2.24) is 4.98 Å². The van der Waals surface area contributed by atoms with E-state index in [1.165, 1.54) is 37.8 Å². The highest BCUT2D eigenvalue weighted by atomic mass is 28.3. The second-order valence-electron chi connectivity index (χ2n) is 3.66. The maximum absolute atomic E-state index is 11.3. The minimum atomic E-state index is -0.715. The largest absolute Gasteiger partial charge is 0.450 e. The van der Waals surface area contributed by atoms with Crippen molar-refractivity contribution >= 4 is 15.1 Å². The molecule has 89 valence electrons. The van der Waals surface area contributed by atoms with Crippen LogP contribution in [0.15, 0.2) is 0 Å². The van der Waals surface area contributed by atoms with Gasteiger partial charge in [0.25, 0.3) is 0 Å². The van der Waals surface area contributed by atoms with Gasteiger partial charge in [-0.15, -0.1) is 0 Å². The predicted octanol–water partition coefficient (Wildman–Crippen LogP) is 3.32. The van der Waals surface area contributed by atoms with Crippen LogP contribution < -0.4 is 4.98 Å². The molecule has 0 aromatic rings. The van der Waals surface area contributed by atoms with Crippen LogP contribution in [-0.4, -0.2) is 21.7 Å². The SMILES string of the molecule is CCCC[Si](CCCC)NC(=O)OCC. The molecule has 0 aliphatic heterocycles. The molecule has 0 unspecified atom stereocenters. The molecule has 1 N–H and O–H groups in total. The minimum Gasteiger partial charge on any atom is -0.450 e. The van der Waals surface area contributed by atoms with E-state index >= 15 is 0 Å². The molecule has 0 saturated carbocycles. The Balaban J connectivity index is 3.82. The Morgan fingerprint density at radius 3 is 2.07 bits per heavy atom. The first-order chi connectivity index (χ1) is 7.24. The molecule has 0 aromatic carbocycles. The number of rotatable bonds is 8. The first kappa shape index (κ1) is 14.5. The van der Waals surface area contributed by atoms with Gasteiger partial charge in [0.2, 0.25) is 0 Å². The Labute approximate surface area is 95.3 Å². The predicted molar refractivity (Wildman–Crippen MR) is 65.3 cm³/mol. The van der Waals surface area contributed by atoms with Gasteiger partial charge in [0.1, 0.15) is 0 Å². The van der Waals surface area contributed by atoms with Gasteiger partial charge in [-0.1, -0.05) is 39.5 Å². The summed E-state index contributed by atoms with van der Waals surface area (Å²) in [6.45, 7) is 6.67. The van der Waals surface area contributed by atoms with Crippen molar-refractivity contribution in [3.63, 3.8) is 0 Å². The average Bonchev–Trinajstić information content (AvgIpc) is 2.22. The number of nitrogens with one attached hydrogen (secondary N) is 1. The van der Waals surface area contributed by atoms with E-state index in [2.05, 4.69) is 18.8 Å². The molecule has 0 bridgehead atoms. The molecule has 4 heteroatoms. The lowest BCUT2D eigenvalue weighted by molar-refractivity contribution is 0.158. The lowest BCUT2D eigenvalue weighted by Crippen LogP contribution is -2.38. The lowest BCUT2D eigenvalue weighted by Gasteiger charge is -2.15. The lowest BCUT2D eigenvalue weighted by atomic mass is 10.4. The third kappa shape index (κ3) is 8.48. The third-order valence-electron chi connectivity index (χ3n) is 2.22. The van der Waals surface area contributed by atoms with Gasteiger partial charge >= 0.3 is 6.09 Å². The molecule has 0 spiro atoms. The van der Waals surface area contributed by atoms with E-state index in [1.54, 1.807) is 0 Å². The Bertz CT molecular complexity index is 157. The van der Waals surface area contributed by atoms with E-state index in [0.29, 0.717) is 6.61 Å². The van der Waals surface area contributed by atoms with Crippen molar-refractivity contribution in [2.24, 2.45) is 0 Å². The van der Waals surface area contributed by atoms with Crippen LogP contribution in [0.2, 0.25) is 12.1 Å². The topological polar surface area (TPSA) is 38.3 Å². The molecular weight excluding hydrogens is 206 g/mol. The monoisotopic (exact) mass is 230 g/mol. The molecular formula is C11H24NO2Si. The summed E-state index contributed by atoms with van der Waals surface area (Å²) in [5.41, 5.74) is 0. The summed E-state index contributed by atoms with van der Waals surface area (Å²) >= 11 is 0. The van der Waals surface area contributed by atoms with Gasteiger partial charge in [-0.2, -0.15) is 0 Å². The molecule has 15 heavy (non-hydrogen) atoms. The van der Waals surface area contributed by atoms with Gasteiger partial charge in [0.05, 0.1) is 6.61 Å². The quantitative estimate of drug-likeness (QED) is 0.650. The molecule has 0 aliphatic carbocycles. The van der Waals surface area contributed by atoms with Crippen LogP contribution >= 0.6 is 0 Å². The Kier molecular flexibility index (Phi) is 9.68. The van der Waals surface area contributed by atoms with E-state index in [9.17, 15) is 4.79 Å². The van der Waals surface area contributed by atoms with Crippen molar-refractivity contribution in [3.05, 3.63) is 0 Å². The summed E-state index contributed by atoms with van der Waals surface area (Å²) < 4.78 is 4.91. The smallest absolute Gasteiger partial charge is 0.398 e. The highest BCUT2D eigenvalue weighted by molar-refractivity contribution is 6.58. The van der Waals surface area contributed by atoms with Gasteiger partial charge < -0.3 is 9.72 Å². The first-order valence-electron chi connectivity index (χ1n) is 6.03. The molecule has 0 aliphatic rings. The fourth-order valence-electron chi connectivity index (χ4n) is 1.34. The maximum atomic E-state index is 11.3. The number of carbonyl (C=O) groups is 1. The van der Waals surface area contributed by atoms with Crippen LogP contribution in [-0.2, 0) is 4.74 Å². The number of unbranched alkanes of at least 4 members (excludes halogenated alkanes) is 2. The number of carbonyl (C=O) groups excluding carboxylic acids is 1. The van der Waals surface area contributed by atoms with Crippen LogP contribution in [0, 0.1) is 0 Å². The number of hydrogen-bond acceptors (Lipinski definition) is 2. The van der Waals surface area contributed by atoms with Gasteiger partial charge in [-0.05, 0) is 19.0 Å². The number of ether oxygens (including phenoxy) is 1. The third-order valence-corrected chi connectivity index (χ3v) is 4.69. The molecule has 0 heterocycles.